The van der Waals surface area contributed by atoms with Gasteiger partial charge in [0.1, 0.15) is 0 Å². The largest absolute Gasteiger partial charge is 0.325 e. The highest BCUT2D eigenvalue weighted by atomic mass is 32.2. The monoisotopic (exact) mass is 316 g/mol. The number of hydrogen-bond donors (Lipinski definition) is 1. The fraction of sp³-hybridized carbons (Fsp3) is 0.333. The molecule has 2 aromatic heterocycles. The van der Waals surface area contributed by atoms with Crippen molar-refractivity contribution in [3.05, 3.63) is 46.1 Å². The van der Waals surface area contributed by atoms with E-state index in [2.05, 4.69) is 15.3 Å². The molecule has 0 bridgehead atoms. The van der Waals surface area contributed by atoms with E-state index in [0.717, 1.165) is 5.69 Å². The SMILES string of the molecule is Cc1nc2n(c(=O)c1C)C(CC(=O)Nc1cccnc1)CS2. The molecule has 0 fully saturated rings. The zero-order valence-corrected chi connectivity index (χ0v) is 13.2. The summed E-state index contributed by atoms with van der Waals surface area (Å²) in [5.74, 6) is 0.558. The molecule has 0 aliphatic carbocycles. The number of rotatable bonds is 3. The van der Waals surface area contributed by atoms with Gasteiger partial charge in [0.2, 0.25) is 5.91 Å². The summed E-state index contributed by atoms with van der Waals surface area (Å²) in [7, 11) is 0. The first-order chi connectivity index (χ1) is 10.6. The van der Waals surface area contributed by atoms with Crippen LogP contribution in [0.15, 0.2) is 34.5 Å². The fourth-order valence-electron chi connectivity index (χ4n) is 2.39. The van der Waals surface area contributed by atoms with Gasteiger partial charge >= 0.3 is 0 Å². The van der Waals surface area contributed by atoms with E-state index in [1.807, 2.05) is 6.92 Å². The van der Waals surface area contributed by atoms with Crippen LogP contribution in [0.25, 0.3) is 0 Å². The number of carbonyl (C=O) groups is 1. The number of pyridine rings is 1. The Morgan fingerprint density at radius 2 is 2.32 bits per heavy atom. The third kappa shape index (κ3) is 2.76. The minimum Gasteiger partial charge on any atom is -0.325 e. The van der Waals surface area contributed by atoms with Crippen molar-refractivity contribution in [3.63, 3.8) is 0 Å². The topological polar surface area (TPSA) is 76.9 Å². The molecule has 1 amide bonds. The number of aryl methyl sites for hydroxylation is 1. The van der Waals surface area contributed by atoms with E-state index in [-0.39, 0.29) is 23.9 Å². The Balaban J connectivity index is 1.78. The number of nitrogens with one attached hydrogen (secondary N) is 1. The summed E-state index contributed by atoms with van der Waals surface area (Å²) in [6.07, 6.45) is 3.49. The number of aromatic nitrogens is 3. The van der Waals surface area contributed by atoms with Crippen molar-refractivity contribution >= 4 is 23.4 Å². The van der Waals surface area contributed by atoms with E-state index < -0.39 is 0 Å². The van der Waals surface area contributed by atoms with Gasteiger partial charge in [0.05, 0.1) is 17.9 Å². The van der Waals surface area contributed by atoms with Gasteiger partial charge in [0.25, 0.3) is 5.56 Å². The molecular formula is C15H16N4O2S. The molecule has 0 saturated carbocycles. The maximum atomic E-state index is 12.4. The number of anilines is 1. The Morgan fingerprint density at radius 1 is 1.50 bits per heavy atom. The first-order valence-electron chi connectivity index (χ1n) is 6.98. The third-order valence-corrected chi connectivity index (χ3v) is 4.79. The lowest BCUT2D eigenvalue weighted by Gasteiger charge is -2.14. The molecular weight excluding hydrogens is 300 g/mol. The Labute approximate surface area is 132 Å². The Hall–Kier alpha value is -2.15. The van der Waals surface area contributed by atoms with Crippen molar-refractivity contribution < 1.29 is 4.79 Å². The summed E-state index contributed by atoms with van der Waals surface area (Å²) in [6.45, 7) is 3.61. The molecule has 7 heteroatoms. The molecule has 0 radical (unpaired) electrons. The van der Waals surface area contributed by atoms with E-state index in [9.17, 15) is 9.59 Å². The number of hydrogen-bond acceptors (Lipinski definition) is 5. The van der Waals surface area contributed by atoms with E-state index in [0.29, 0.717) is 22.2 Å². The third-order valence-electron chi connectivity index (χ3n) is 3.69. The predicted molar refractivity (Wildman–Crippen MR) is 85.2 cm³/mol. The van der Waals surface area contributed by atoms with Crippen molar-refractivity contribution in [1.29, 1.82) is 0 Å². The highest BCUT2D eigenvalue weighted by Crippen LogP contribution is 2.32. The highest BCUT2D eigenvalue weighted by molar-refractivity contribution is 7.99. The van der Waals surface area contributed by atoms with Gasteiger partial charge in [-0.1, -0.05) is 11.8 Å². The quantitative estimate of drug-likeness (QED) is 0.876. The Bertz CT molecular complexity index is 773. The zero-order valence-electron chi connectivity index (χ0n) is 12.4. The van der Waals surface area contributed by atoms with E-state index in [1.54, 1.807) is 36.0 Å². The highest BCUT2D eigenvalue weighted by Gasteiger charge is 2.28. The lowest BCUT2D eigenvalue weighted by atomic mass is 10.2. The van der Waals surface area contributed by atoms with Crippen LogP contribution in [0.1, 0.15) is 23.7 Å². The van der Waals surface area contributed by atoms with Crippen LogP contribution in [0.3, 0.4) is 0 Å². The number of thioether (sulfide) groups is 1. The molecule has 6 nitrogen and oxygen atoms in total. The Morgan fingerprint density at radius 3 is 3.05 bits per heavy atom. The van der Waals surface area contributed by atoms with Gasteiger partial charge in [0.15, 0.2) is 5.16 Å². The van der Waals surface area contributed by atoms with Crippen LogP contribution in [0.5, 0.6) is 0 Å². The Kier molecular flexibility index (Phi) is 3.98. The molecule has 3 rings (SSSR count). The molecule has 1 unspecified atom stereocenters. The molecule has 3 heterocycles. The molecule has 2 aromatic rings. The lowest BCUT2D eigenvalue weighted by Crippen LogP contribution is -2.29. The number of fused-ring (bicyclic) bond motifs is 1. The summed E-state index contributed by atoms with van der Waals surface area (Å²) in [5, 5.41) is 3.50. The van der Waals surface area contributed by atoms with Crippen LogP contribution in [0, 0.1) is 13.8 Å². The predicted octanol–water partition coefficient (Wildman–Crippen LogP) is 1.93. The van der Waals surface area contributed by atoms with Gasteiger partial charge in [-0.15, -0.1) is 0 Å². The second kappa shape index (κ2) is 5.92. The van der Waals surface area contributed by atoms with Gasteiger partial charge in [-0.05, 0) is 26.0 Å². The summed E-state index contributed by atoms with van der Waals surface area (Å²) in [5.41, 5.74) is 2.00. The zero-order chi connectivity index (χ0) is 15.7. The normalized spacial score (nSPS) is 16.4. The van der Waals surface area contributed by atoms with Crippen molar-refractivity contribution in [2.45, 2.75) is 31.5 Å². The minimum atomic E-state index is -0.157. The van der Waals surface area contributed by atoms with Gasteiger partial charge in [-0.2, -0.15) is 0 Å². The number of nitrogens with zero attached hydrogens (tertiary/aromatic N) is 3. The molecule has 1 atom stereocenters. The van der Waals surface area contributed by atoms with Crippen LogP contribution in [-0.4, -0.2) is 26.2 Å². The number of carbonyl (C=O) groups excluding carboxylic acids is 1. The van der Waals surface area contributed by atoms with Gasteiger partial charge in [-0.25, -0.2) is 4.98 Å². The van der Waals surface area contributed by atoms with Crippen LogP contribution in [0.2, 0.25) is 0 Å². The molecule has 0 aromatic carbocycles. The van der Waals surface area contributed by atoms with Gasteiger partial charge in [0, 0.05) is 29.6 Å². The second-order valence-electron chi connectivity index (χ2n) is 5.24. The van der Waals surface area contributed by atoms with Crippen LogP contribution in [0.4, 0.5) is 5.69 Å². The average Bonchev–Trinajstić information content (AvgIpc) is 2.88. The van der Waals surface area contributed by atoms with E-state index in [4.69, 9.17) is 0 Å². The first-order valence-corrected chi connectivity index (χ1v) is 7.97. The van der Waals surface area contributed by atoms with Gasteiger partial charge in [-0.3, -0.25) is 19.1 Å². The lowest BCUT2D eigenvalue weighted by molar-refractivity contribution is -0.116. The van der Waals surface area contributed by atoms with Crippen molar-refractivity contribution in [2.24, 2.45) is 0 Å². The molecule has 1 aliphatic heterocycles. The smallest absolute Gasteiger partial charge is 0.257 e. The molecule has 1 aliphatic rings. The van der Waals surface area contributed by atoms with Crippen LogP contribution < -0.4 is 10.9 Å². The molecule has 114 valence electrons. The molecule has 0 saturated heterocycles. The van der Waals surface area contributed by atoms with E-state index in [1.165, 1.54) is 11.8 Å². The maximum Gasteiger partial charge on any atom is 0.257 e. The second-order valence-corrected chi connectivity index (χ2v) is 6.23. The number of amides is 1. The van der Waals surface area contributed by atoms with Crippen LogP contribution >= 0.6 is 11.8 Å². The van der Waals surface area contributed by atoms with Crippen molar-refractivity contribution in [1.82, 2.24) is 14.5 Å². The molecule has 22 heavy (non-hydrogen) atoms. The standard InChI is InChI=1S/C15H16N4O2S/c1-9-10(2)17-15-19(14(9)21)12(8-22-15)6-13(20)18-11-4-3-5-16-7-11/h3-5,7,12H,6,8H2,1-2H3,(H,18,20). The summed E-state index contributed by atoms with van der Waals surface area (Å²) in [4.78, 5) is 33.0. The van der Waals surface area contributed by atoms with Crippen LogP contribution in [-0.2, 0) is 4.79 Å². The van der Waals surface area contributed by atoms with Crippen molar-refractivity contribution in [3.8, 4) is 0 Å². The maximum absolute atomic E-state index is 12.4. The first kappa shape index (κ1) is 14.8. The molecule has 0 spiro atoms. The summed E-state index contributed by atoms with van der Waals surface area (Å²) < 4.78 is 1.65. The van der Waals surface area contributed by atoms with Gasteiger partial charge < -0.3 is 5.32 Å². The summed E-state index contributed by atoms with van der Waals surface area (Å²) >= 11 is 1.52. The minimum absolute atomic E-state index is 0.0494. The van der Waals surface area contributed by atoms with Crippen molar-refractivity contribution in [2.75, 3.05) is 11.1 Å². The fourth-order valence-corrected chi connectivity index (χ4v) is 3.57. The van der Waals surface area contributed by atoms with E-state index >= 15 is 0 Å². The summed E-state index contributed by atoms with van der Waals surface area (Å²) in [6, 6.07) is 3.39. The average molecular weight is 316 g/mol. The molecule has 1 N–H and O–H groups in total.